The molecule has 18 heteroatoms. The molecular weight excluding hydrogens is 675 g/mol. The number of nitrogens with one attached hydrogen (secondary N) is 2. The number of oxime groups is 1. The second-order valence-corrected chi connectivity index (χ2v) is 12.6. The fourth-order valence-corrected chi connectivity index (χ4v) is 7.17. The summed E-state index contributed by atoms with van der Waals surface area (Å²) >= 11 is 2.37. The maximum absolute atomic E-state index is 13.2. The Hall–Kier alpha value is -5.75. The SMILES string of the molecule is CO/N=C(\C(=O)NC1C(=O)N2C(C(=O)O)=C(CNc3nc(=O)c(OC(c4ccccc4)c4ccccc4)nn3C)CS[C@H]12)c1csc(N)n1. The van der Waals surface area contributed by atoms with Crippen molar-refractivity contribution in [1.82, 2.24) is 30.0 Å². The molecule has 2 atom stereocenters. The predicted molar refractivity (Wildman–Crippen MR) is 181 cm³/mol. The maximum atomic E-state index is 13.2. The van der Waals surface area contributed by atoms with Crippen molar-refractivity contribution in [2.24, 2.45) is 12.2 Å². The second-order valence-electron chi connectivity index (χ2n) is 10.7. The monoisotopic (exact) mass is 703 g/mol. The van der Waals surface area contributed by atoms with Gasteiger partial charge in [-0.05, 0) is 16.7 Å². The van der Waals surface area contributed by atoms with Crippen LogP contribution in [0.2, 0.25) is 0 Å². The molecule has 0 aliphatic carbocycles. The molecule has 1 saturated heterocycles. The molecule has 2 aliphatic rings. The number of thiazole rings is 1. The molecule has 0 saturated carbocycles. The molecule has 252 valence electrons. The van der Waals surface area contributed by atoms with Crippen molar-refractivity contribution in [2.75, 3.05) is 30.5 Å². The lowest BCUT2D eigenvalue weighted by molar-refractivity contribution is -0.150. The fraction of sp³-hybridized carbons (Fsp3) is 0.226. The number of carboxylic acid groups (broad SMARTS) is 1. The summed E-state index contributed by atoms with van der Waals surface area (Å²) < 4.78 is 7.43. The number of aromatic nitrogens is 4. The molecule has 6 rings (SSSR count). The van der Waals surface area contributed by atoms with Crippen molar-refractivity contribution in [1.29, 1.82) is 0 Å². The van der Waals surface area contributed by atoms with E-state index in [1.807, 2.05) is 60.7 Å². The van der Waals surface area contributed by atoms with Crippen molar-refractivity contribution in [2.45, 2.75) is 17.5 Å². The maximum Gasteiger partial charge on any atom is 0.352 e. The highest BCUT2D eigenvalue weighted by Gasteiger charge is 2.54. The Balaban J connectivity index is 1.16. The van der Waals surface area contributed by atoms with Gasteiger partial charge in [-0.3, -0.25) is 19.3 Å². The lowest BCUT2D eigenvalue weighted by Gasteiger charge is -2.49. The van der Waals surface area contributed by atoms with E-state index in [1.54, 1.807) is 7.05 Å². The van der Waals surface area contributed by atoms with Crippen LogP contribution in [0, 0.1) is 0 Å². The summed E-state index contributed by atoms with van der Waals surface area (Å²) in [6, 6.07) is 17.8. The lowest BCUT2D eigenvalue weighted by Crippen LogP contribution is -2.71. The van der Waals surface area contributed by atoms with Gasteiger partial charge in [0.1, 0.15) is 29.9 Å². The van der Waals surface area contributed by atoms with Crippen molar-refractivity contribution >= 4 is 57.7 Å². The van der Waals surface area contributed by atoms with Crippen LogP contribution in [0.1, 0.15) is 22.9 Å². The number of carbonyl (C=O) groups is 3. The molecular formula is C31H29N9O7S2. The van der Waals surface area contributed by atoms with Crippen LogP contribution in [0.5, 0.6) is 5.88 Å². The molecule has 4 aromatic rings. The van der Waals surface area contributed by atoms with E-state index in [1.165, 1.54) is 28.9 Å². The predicted octanol–water partition coefficient (Wildman–Crippen LogP) is 1.58. The minimum atomic E-state index is -1.32. The fourth-order valence-electron chi connectivity index (χ4n) is 5.27. The number of rotatable bonds is 12. The first-order valence-electron chi connectivity index (χ1n) is 14.7. The van der Waals surface area contributed by atoms with Crippen LogP contribution in [0.25, 0.3) is 0 Å². The van der Waals surface area contributed by atoms with E-state index in [2.05, 4.69) is 30.9 Å². The van der Waals surface area contributed by atoms with Crippen molar-refractivity contribution < 1.29 is 29.1 Å². The number of hydrogen-bond acceptors (Lipinski definition) is 14. The van der Waals surface area contributed by atoms with E-state index in [-0.39, 0.29) is 46.4 Å². The van der Waals surface area contributed by atoms with Gasteiger partial charge in [-0.15, -0.1) is 28.2 Å². The van der Waals surface area contributed by atoms with Crippen LogP contribution in [0.4, 0.5) is 11.1 Å². The van der Waals surface area contributed by atoms with Gasteiger partial charge in [0.05, 0.1) is 0 Å². The summed E-state index contributed by atoms with van der Waals surface area (Å²) in [5, 5.41) is 24.8. The molecule has 2 aromatic carbocycles. The summed E-state index contributed by atoms with van der Waals surface area (Å²) in [5.74, 6) is -2.62. The van der Waals surface area contributed by atoms with Gasteiger partial charge < -0.3 is 31.0 Å². The number of β-lactam (4-membered cyclic amide) rings is 1. The number of carboxylic acids is 1. The van der Waals surface area contributed by atoms with Gasteiger partial charge in [-0.25, -0.2) is 14.5 Å². The number of nitrogens with two attached hydrogens (primary N) is 1. The summed E-state index contributed by atoms with van der Waals surface area (Å²) in [6.45, 7) is -0.0587. The van der Waals surface area contributed by atoms with Gasteiger partial charge in [0.2, 0.25) is 5.95 Å². The number of carbonyl (C=O) groups excluding carboxylic acids is 2. The highest BCUT2D eigenvalue weighted by Crippen LogP contribution is 2.40. The van der Waals surface area contributed by atoms with Crippen molar-refractivity contribution in [3.8, 4) is 5.88 Å². The normalized spacial score (nSPS) is 17.3. The number of anilines is 2. The van der Waals surface area contributed by atoms with Crippen molar-refractivity contribution in [3.63, 3.8) is 0 Å². The zero-order chi connectivity index (χ0) is 34.7. The van der Waals surface area contributed by atoms with E-state index < -0.39 is 40.9 Å². The molecule has 2 aromatic heterocycles. The Morgan fingerprint density at radius 2 is 1.78 bits per heavy atom. The number of amides is 2. The van der Waals surface area contributed by atoms with Gasteiger partial charge in [-0.2, -0.15) is 4.98 Å². The van der Waals surface area contributed by atoms with E-state index in [0.29, 0.717) is 5.57 Å². The molecule has 49 heavy (non-hydrogen) atoms. The Bertz CT molecular complexity index is 1980. The minimum absolute atomic E-state index is 0.0587. The van der Waals surface area contributed by atoms with Crippen molar-refractivity contribution in [3.05, 3.63) is 104 Å². The Morgan fingerprint density at radius 3 is 2.37 bits per heavy atom. The smallest absolute Gasteiger partial charge is 0.352 e. The molecule has 0 bridgehead atoms. The van der Waals surface area contributed by atoms with Crippen LogP contribution in [0.3, 0.4) is 0 Å². The zero-order valence-electron chi connectivity index (χ0n) is 26.0. The first kappa shape index (κ1) is 33.2. The largest absolute Gasteiger partial charge is 0.477 e. The van der Waals surface area contributed by atoms with E-state index in [0.717, 1.165) is 27.4 Å². The third-order valence-corrected chi connectivity index (χ3v) is 9.54. The zero-order valence-corrected chi connectivity index (χ0v) is 27.6. The number of hydrogen-bond donors (Lipinski definition) is 4. The molecule has 5 N–H and O–H groups in total. The molecule has 0 radical (unpaired) electrons. The third-order valence-electron chi connectivity index (χ3n) is 7.53. The lowest BCUT2D eigenvalue weighted by atomic mass is 10.0. The molecule has 2 aliphatic heterocycles. The van der Waals surface area contributed by atoms with Crippen LogP contribution in [0.15, 0.2) is 87.3 Å². The number of fused-ring (bicyclic) bond motifs is 1. The quantitative estimate of drug-likeness (QED) is 0.0938. The number of thioether (sulfide) groups is 1. The standard InChI is InChI=1S/C31H29N9O7S2/c1-39-31(36-25(42)26(37-39)47-23(16-9-5-3-6-10-16)17-11-7-4-8-12-17)33-13-18-14-48-28-21(27(43)40(28)22(18)29(44)45)35-24(41)20(38-46-2)19-15-49-30(32)34-19/h3-12,15,21,23,28H,13-14H2,1-2H3,(H2,32,34)(H,35,41)(H,44,45)(H,33,36,42)/b38-20-/t21?,28-/m1/s1. The summed E-state index contributed by atoms with van der Waals surface area (Å²) in [7, 11) is 2.82. The Morgan fingerprint density at radius 1 is 1.10 bits per heavy atom. The summed E-state index contributed by atoms with van der Waals surface area (Å²) in [4.78, 5) is 65.8. The van der Waals surface area contributed by atoms with Gasteiger partial charge in [0.15, 0.2) is 16.9 Å². The number of aryl methyl sites for hydroxylation is 1. The van der Waals surface area contributed by atoms with Gasteiger partial charge >= 0.3 is 17.4 Å². The second kappa shape index (κ2) is 14.2. The Labute approximate surface area is 286 Å². The molecule has 16 nitrogen and oxygen atoms in total. The average molecular weight is 704 g/mol. The average Bonchev–Trinajstić information content (AvgIpc) is 3.54. The topological polar surface area (TPSA) is 216 Å². The Kier molecular flexibility index (Phi) is 9.58. The van der Waals surface area contributed by atoms with Crippen LogP contribution in [-0.2, 0) is 26.3 Å². The summed E-state index contributed by atoms with van der Waals surface area (Å²) in [5.41, 5.74) is 6.72. The van der Waals surface area contributed by atoms with Gasteiger partial charge in [0.25, 0.3) is 11.8 Å². The number of nitrogen functional groups attached to an aromatic ring is 1. The van der Waals surface area contributed by atoms with Gasteiger partial charge in [-0.1, -0.05) is 65.8 Å². The number of aliphatic carboxylic acids is 1. The minimum Gasteiger partial charge on any atom is -0.477 e. The number of benzene rings is 2. The first-order chi connectivity index (χ1) is 23.7. The highest BCUT2D eigenvalue weighted by molar-refractivity contribution is 8.00. The van der Waals surface area contributed by atoms with Gasteiger partial charge in [0, 0.05) is 24.7 Å². The first-order valence-corrected chi connectivity index (χ1v) is 16.6. The molecule has 2 amide bonds. The molecule has 4 heterocycles. The molecule has 1 unspecified atom stereocenters. The third kappa shape index (κ3) is 6.81. The molecule has 0 spiro atoms. The van der Waals surface area contributed by atoms with E-state index >= 15 is 0 Å². The van der Waals surface area contributed by atoms with Crippen LogP contribution in [-0.4, -0.2) is 84.1 Å². The molecule has 1 fully saturated rings. The van der Waals surface area contributed by atoms with Crippen LogP contribution < -0.4 is 26.7 Å². The van der Waals surface area contributed by atoms with E-state index in [4.69, 9.17) is 15.3 Å². The number of nitrogens with zero attached hydrogens (tertiary/aromatic N) is 6. The van der Waals surface area contributed by atoms with Crippen LogP contribution >= 0.6 is 23.1 Å². The van der Waals surface area contributed by atoms with E-state index in [9.17, 15) is 24.3 Å². The summed E-state index contributed by atoms with van der Waals surface area (Å²) in [6.07, 6.45) is -0.619. The number of ether oxygens (including phenoxy) is 1. The highest BCUT2D eigenvalue weighted by atomic mass is 32.2.